The third kappa shape index (κ3) is 3.24. The van der Waals surface area contributed by atoms with Crippen molar-refractivity contribution in [2.24, 2.45) is 0 Å². The molecule has 1 fully saturated rings. The number of amides is 1. The van der Waals surface area contributed by atoms with Crippen molar-refractivity contribution >= 4 is 17.5 Å². The second kappa shape index (κ2) is 7.27. The molecule has 5 rings (SSSR count). The average Bonchev–Trinajstić information content (AvgIpc) is 3.16. The highest BCUT2D eigenvalue weighted by molar-refractivity contribution is 6.34. The highest BCUT2D eigenvalue weighted by atomic mass is 35.5. The number of carbonyl (C=O) groups is 1. The summed E-state index contributed by atoms with van der Waals surface area (Å²) in [7, 11) is 0. The quantitative estimate of drug-likeness (QED) is 0.596. The smallest absolute Gasteiger partial charge is 0.377 e. The molecule has 2 atom stereocenters. The topological polar surface area (TPSA) is 86.0 Å². The fourth-order valence-corrected chi connectivity index (χ4v) is 4.28. The first-order valence-corrected chi connectivity index (χ1v) is 9.70. The molecule has 0 spiro atoms. The Balaban J connectivity index is 1.55. The predicted molar refractivity (Wildman–Crippen MR) is 101 cm³/mol. The molecule has 0 aliphatic carbocycles. The summed E-state index contributed by atoms with van der Waals surface area (Å²) in [5, 5.41) is 7.76. The molecule has 1 saturated heterocycles. The Morgan fingerprint density at radius 3 is 2.65 bits per heavy atom. The van der Waals surface area contributed by atoms with Crippen LogP contribution in [0.15, 0.2) is 36.7 Å². The summed E-state index contributed by atoms with van der Waals surface area (Å²) >= 11 is 6.00. The lowest BCUT2D eigenvalue weighted by atomic mass is 10.0. The molecule has 0 radical (unpaired) electrons. The Kier molecular flexibility index (Phi) is 4.67. The Morgan fingerprint density at radius 1 is 1.13 bits per heavy atom. The molecule has 0 N–H and O–H groups in total. The maximum absolute atomic E-state index is 13.3. The minimum absolute atomic E-state index is 0.132. The average molecular weight is 451 g/mol. The molecule has 3 aromatic rings. The molecule has 2 aromatic heterocycles. The van der Waals surface area contributed by atoms with Gasteiger partial charge in [0, 0.05) is 18.9 Å². The molecule has 160 valence electrons. The molecule has 0 saturated carbocycles. The van der Waals surface area contributed by atoms with Crippen molar-refractivity contribution in [1.82, 2.24) is 29.6 Å². The largest absolute Gasteiger partial charge is 0.417 e. The van der Waals surface area contributed by atoms with Crippen molar-refractivity contribution in [1.29, 1.82) is 0 Å². The zero-order valence-corrected chi connectivity index (χ0v) is 16.5. The van der Waals surface area contributed by atoms with Crippen molar-refractivity contribution in [3.63, 3.8) is 0 Å². The molecule has 2 aliphatic rings. The fraction of sp³-hybridized carbons (Fsp3) is 0.316. The van der Waals surface area contributed by atoms with E-state index in [1.807, 2.05) is 4.57 Å². The van der Waals surface area contributed by atoms with Gasteiger partial charge >= 0.3 is 6.18 Å². The maximum Gasteiger partial charge on any atom is 0.417 e. The van der Waals surface area contributed by atoms with E-state index in [0.29, 0.717) is 17.5 Å². The molecule has 4 heterocycles. The van der Waals surface area contributed by atoms with E-state index in [4.69, 9.17) is 16.3 Å². The fourth-order valence-electron chi connectivity index (χ4n) is 3.97. The summed E-state index contributed by atoms with van der Waals surface area (Å²) in [4.78, 5) is 23.2. The summed E-state index contributed by atoms with van der Waals surface area (Å²) in [6.07, 6.45) is -1.50. The Bertz CT molecular complexity index is 1150. The standard InChI is InChI=1S/C19H14ClF3N6O2/c20-14-11(3-1-4-12(14)19(21,22)23)18(30)29-10-7-28-16(13(29)9-31-8-10)26-27-17(28)15-24-5-2-6-25-15/h1-6,10,13H,7-9H2/t10-,13-/m1/s1. The van der Waals surface area contributed by atoms with E-state index in [-0.39, 0.29) is 25.3 Å². The molecule has 31 heavy (non-hydrogen) atoms. The first-order valence-electron chi connectivity index (χ1n) is 9.33. The van der Waals surface area contributed by atoms with Gasteiger partial charge in [-0.25, -0.2) is 9.97 Å². The summed E-state index contributed by atoms with van der Waals surface area (Å²) in [6, 6.07) is 3.92. The molecule has 8 nitrogen and oxygen atoms in total. The molecule has 2 aliphatic heterocycles. The van der Waals surface area contributed by atoms with E-state index in [0.717, 1.165) is 6.07 Å². The van der Waals surface area contributed by atoms with Crippen LogP contribution in [-0.4, -0.2) is 54.8 Å². The van der Waals surface area contributed by atoms with Crippen LogP contribution in [0.4, 0.5) is 13.2 Å². The zero-order chi connectivity index (χ0) is 21.8. The summed E-state index contributed by atoms with van der Waals surface area (Å²) in [5.74, 6) is 0.689. The van der Waals surface area contributed by atoms with Gasteiger partial charge in [-0.15, -0.1) is 10.2 Å². The molecule has 1 aromatic carbocycles. The number of hydrogen-bond acceptors (Lipinski definition) is 6. The molecule has 0 unspecified atom stereocenters. The van der Waals surface area contributed by atoms with Crippen LogP contribution in [0.25, 0.3) is 11.6 Å². The van der Waals surface area contributed by atoms with Gasteiger partial charge in [-0.3, -0.25) is 4.79 Å². The number of halogens is 4. The number of rotatable bonds is 2. The van der Waals surface area contributed by atoms with Crippen LogP contribution in [-0.2, 0) is 17.5 Å². The highest BCUT2D eigenvalue weighted by Crippen LogP contribution is 2.39. The Morgan fingerprint density at radius 2 is 1.90 bits per heavy atom. The third-order valence-corrected chi connectivity index (χ3v) is 5.73. The van der Waals surface area contributed by atoms with E-state index >= 15 is 0 Å². The number of carbonyl (C=O) groups excluding carboxylic acids is 1. The zero-order valence-electron chi connectivity index (χ0n) is 15.8. The van der Waals surface area contributed by atoms with E-state index in [1.54, 1.807) is 18.5 Å². The van der Waals surface area contributed by atoms with Gasteiger partial charge in [-0.2, -0.15) is 13.2 Å². The Hall–Kier alpha value is -3.05. The van der Waals surface area contributed by atoms with Crippen molar-refractivity contribution in [3.05, 3.63) is 58.6 Å². The van der Waals surface area contributed by atoms with Crippen LogP contribution in [0.3, 0.4) is 0 Å². The van der Waals surface area contributed by atoms with Gasteiger partial charge in [-0.05, 0) is 18.2 Å². The van der Waals surface area contributed by atoms with Crippen LogP contribution >= 0.6 is 11.6 Å². The van der Waals surface area contributed by atoms with E-state index in [2.05, 4.69) is 20.2 Å². The van der Waals surface area contributed by atoms with Gasteiger partial charge in [-0.1, -0.05) is 17.7 Å². The second-order valence-corrected chi connectivity index (χ2v) is 7.53. The lowest BCUT2D eigenvalue weighted by Gasteiger charge is -2.45. The number of hydrogen-bond donors (Lipinski definition) is 0. The van der Waals surface area contributed by atoms with Crippen LogP contribution in [0.2, 0.25) is 5.02 Å². The normalized spacial score (nSPS) is 20.5. The van der Waals surface area contributed by atoms with Crippen LogP contribution in [0.5, 0.6) is 0 Å². The lowest BCUT2D eigenvalue weighted by molar-refractivity contribution is -0.137. The molecule has 1 amide bonds. The minimum atomic E-state index is -4.67. The van der Waals surface area contributed by atoms with Gasteiger partial charge in [0.1, 0.15) is 6.04 Å². The SMILES string of the molecule is O=C(c1cccc(C(F)(F)F)c1Cl)N1[C@H]2COC[C@@H]1c1nnc(-c3ncccn3)n1C2. The monoisotopic (exact) mass is 450 g/mol. The van der Waals surface area contributed by atoms with E-state index in [1.165, 1.54) is 17.0 Å². The van der Waals surface area contributed by atoms with Gasteiger partial charge in [0.15, 0.2) is 11.6 Å². The molecular formula is C19H14ClF3N6O2. The first-order chi connectivity index (χ1) is 14.9. The number of ether oxygens (including phenoxy) is 1. The molecule has 2 bridgehead atoms. The van der Waals surface area contributed by atoms with Gasteiger partial charge in [0.25, 0.3) is 5.91 Å². The van der Waals surface area contributed by atoms with Crippen molar-refractivity contribution in [2.45, 2.75) is 24.8 Å². The number of nitrogens with zero attached hydrogens (tertiary/aromatic N) is 6. The number of morpholine rings is 1. The van der Waals surface area contributed by atoms with Crippen molar-refractivity contribution < 1.29 is 22.7 Å². The highest BCUT2D eigenvalue weighted by Gasteiger charge is 2.45. The summed E-state index contributed by atoms with van der Waals surface area (Å²) in [6.45, 7) is 0.632. The maximum atomic E-state index is 13.3. The predicted octanol–water partition coefficient (Wildman–Crippen LogP) is 3.00. The lowest BCUT2D eigenvalue weighted by Crippen LogP contribution is -2.56. The molecule has 12 heteroatoms. The molecular weight excluding hydrogens is 437 g/mol. The van der Waals surface area contributed by atoms with Gasteiger partial charge < -0.3 is 14.2 Å². The van der Waals surface area contributed by atoms with E-state index < -0.39 is 34.8 Å². The summed E-state index contributed by atoms with van der Waals surface area (Å²) < 4.78 is 47.2. The van der Waals surface area contributed by atoms with E-state index in [9.17, 15) is 18.0 Å². The van der Waals surface area contributed by atoms with Crippen molar-refractivity contribution in [2.75, 3.05) is 13.2 Å². The number of fused-ring (bicyclic) bond motifs is 4. The summed E-state index contributed by atoms with van der Waals surface area (Å²) in [5.41, 5.74) is -1.27. The number of alkyl halides is 3. The Labute approximate surface area is 178 Å². The third-order valence-electron chi connectivity index (χ3n) is 5.32. The van der Waals surface area contributed by atoms with Crippen molar-refractivity contribution in [3.8, 4) is 11.6 Å². The van der Waals surface area contributed by atoms with Gasteiger partial charge in [0.05, 0.1) is 35.4 Å². The number of aromatic nitrogens is 5. The minimum Gasteiger partial charge on any atom is -0.377 e. The van der Waals surface area contributed by atoms with Crippen LogP contribution in [0.1, 0.15) is 27.8 Å². The second-order valence-electron chi connectivity index (χ2n) is 7.15. The van der Waals surface area contributed by atoms with Gasteiger partial charge in [0.2, 0.25) is 5.82 Å². The van der Waals surface area contributed by atoms with Crippen LogP contribution in [0, 0.1) is 0 Å². The van der Waals surface area contributed by atoms with Crippen LogP contribution < -0.4 is 0 Å². The first kappa shape index (κ1) is 19.9. The number of benzene rings is 1.